The molecule has 2 rings (SSSR count). The molecule has 0 saturated heterocycles. The highest BCUT2D eigenvalue weighted by Crippen LogP contribution is 2.20. The van der Waals surface area contributed by atoms with Crippen molar-refractivity contribution in [3.63, 3.8) is 0 Å². The number of aromatic hydroxyl groups is 1. The third-order valence-electron chi connectivity index (χ3n) is 2.85. The van der Waals surface area contributed by atoms with E-state index in [0.29, 0.717) is 0 Å². The monoisotopic (exact) mass is 286 g/mol. The van der Waals surface area contributed by atoms with E-state index < -0.39 is 11.9 Å². The molecular formula is C16H14O5. The molecule has 0 unspecified atom stereocenters. The number of carbonyl (C=O) groups excluding carboxylic acids is 2. The molecule has 1 N–H and O–H groups in total. The predicted molar refractivity (Wildman–Crippen MR) is 75.0 cm³/mol. The second-order valence-corrected chi connectivity index (χ2v) is 4.29. The highest BCUT2D eigenvalue weighted by Gasteiger charge is 2.15. The summed E-state index contributed by atoms with van der Waals surface area (Å²) in [6.45, 7) is 0.109. The molecule has 0 aromatic heterocycles. The molecule has 2 aromatic carbocycles. The molecule has 2 aromatic rings. The third-order valence-corrected chi connectivity index (χ3v) is 2.85. The van der Waals surface area contributed by atoms with Gasteiger partial charge in [-0.2, -0.15) is 0 Å². The molecule has 0 fully saturated rings. The van der Waals surface area contributed by atoms with Crippen molar-refractivity contribution in [3.8, 4) is 5.75 Å². The maximum Gasteiger partial charge on any atom is 0.342 e. The van der Waals surface area contributed by atoms with Gasteiger partial charge in [-0.3, -0.25) is 0 Å². The van der Waals surface area contributed by atoms with E-state index in [0.717, 1.165) is 5.56 Å². The molecule has 0 aliphatic rings. The Kier molecular flexibility index (Phi) is 4.56. The van der Waals surface area contributed by atoms with Crippen LogP contribution in [0.3, 0.4) is 0 Å². The van der Waals surface area contributed by atoms with Crippen LogP contribution in [0.25, 0.3) is 0 Å². The lowest BCUT2D eigenvalue weighted by Gasteiger charge is -2.07. The lowest BCUT2D eigenvalue weighted by molar-refractivity contribution is 0.0467. The number of benzene rings is 2. The second-order valence-electron chi connectivity index (χ2n) is 4.29. The maximum atomic E-state index is 11.9. The maximum absolute atomic E-state index is 11.9. The van der Waals surface area contributed by atoms with Crippen molar-refractivity contribution in [1.82, 2.24) is 0 Å². The Balaban J connectivity index is 2.07. The average Bonchev–Trinajstić information content (AvgIpc) is 2.52. The number of esters is 2. The molecule has 108 valence electrons. The van der Waals surface area contributed by atoms with Gasteiger partial charge in [0.1, 0.15) is 17.9 Å². The summed E-state index contributed by atoms with van der Waals surface area (Å²) in [5.41, 5.74) is 1.00. The smallest absolute Gasteiger partial charge is 0.342 e. The number of rotatable bonds is 4. The van der Waals surface area contributed by atoms with Crippen LogP contribution in [-0.2, 0) is 16.1 Å². The number of hydrogen-bond acceptors (Lipinski definition) is 5. The number of hydrogen-bond donors (Lipinski definition) is 1. The fraction of sp³-hybridized carbons (Fsp3) is 0.125. The molecule has 0 atom stereocenters. The van der Waals surface area contributed by atoms with Gasteiger partial charge in [-0.1, -0.05) is 30.3 Å². The first-order chi connectivity index (χ1) is 10.1. The second kappa shape index (κ2) is 6.56. The van der Waals surface area contributed by atoms with E-state index in [-0.39, 0.29) is 23.5 Å². The normalized spacial score (nSPS) is 9.95. The minimum atomic E-state index is -0.659. The molecule has 0 aliphatic heterocycles. The highest BCUT2D eigenvalue weighted by atomic mass is 16.5. The van der Waals surface area contributed by atoms with Crippen LogP contribution >= 0.6 is 0 Å². The van der Waals surface area contributed by atoms with Gasteiger partial charge in [0.15, 0.2) is 0 Å². The van der Waals surface area contributed by atoms with Crippen molar-refractivity contribution >= 4 is 11.9 Å². The summed E-state index contributed by atoms with van der Waals surface area (Å²) < 4.78 is 9.64. The van der Waals surface area contributed by atoms with Gasteiger partial charge in [0, 0.05) is 0 Å². The van der Waals surface area contributed by atoms with Gasteiger partial charge in [0.2, 0.25) is 0 Å². The Hall–Kier alpha value is -2.82. The van der Waals surface area contributed by atoms with E-state index in [1.165, 1.54) is 25.3 Å². The average molecular weight is 286 g/mol. The number of phenolic OH excluding ortho intramolecular Hbond substituents is 1. The summed E-state index contributed by atoms with van der Waals surface area (Å²) in [6, 6.07) is 13.1. The summed E-state index contributed by atoms with van der Waals surface area (Å²) in [7, 11) is 1.24. The zero-order valence-electron chi connectivity index (χ0n) is 11.4. The zero-order valence-corrected chi connectivity index (χ0v) is 11.4. The minimum absolute atomic E-state index is 0.00131. The van der Waals surface area contributed by atoms with Crippen molar-refractivity contribution in [2.45, 2.75) is 6.61 Å². The van der Waals surface area contributed by atoms with Crippen molar-refractivity contribution in [1.29, 1.82) is 0 Å². The number of methoxy groups -OCH3 is 1. The van der Waals surface area contributed by atoms with Gasteiger partial charge in [-0.15, -0.1) is 0 Å². The molecule has 0 bridgehead atoms. The van der Waals surface area contributed by atoms with Gasteiger partial charge in [0.25, 0.3) is 0 Å². The fourth-order valence-electron chi connectivity index (χ4n) is 1.75. The van der Waals surface area contributed by atoms with Crippen molar-refractivity contribution in [2.24, 2.45) is 0 Å². The van der Waals surface area contributed by atoms with Gasteiger partial charge in [-0.05, 0) is 23.8 Å². The number of carbonyl (C=O) groups is 2. The van der Waals surface area contributed by atoms with Gasteiger partial charge in [0.05, 0.1) is 12.7 Å². The van der Waals surface area contributed by atoms with Crippen LogP contribution in [0.2, 0.25) is 0 Å². The van der Waals surface area contributed by atoms with E-state index in [2.05, 4.69) is 4.74 Å². The molecule has 0 heterocycles. The SMILES string of the molecule is COC(=O)c1ccc(C(=O)OCc2ccccc2)c(O)c1. The largest absolute Gasteiger partial charge is 0.507 e. The third kappa shape index (κ3) is 3.60. The Bertz CT molecular complexity index is 649. The fourth-order valence-corrected chi connectivity index (χ4v) is 1.75. The zero-order chi connectivity index (χ0) is 15.2. The highest BCUT2D eigenvalue weighted by molar-refractivity contribution is 5.95. The molecule has 0 amide bonds. The molecule has 0 saturated carbocycles. The first-order valence-corrected chi connectivity index (χ1v) is 6.24. The number of ether oxygens (including phenoxy) is 2. The summed E-state index contributed by atoms with van der Waals surface area (Å²) in [5.74, 6) is -1.57. The van der Waals surface area contributed by atoms with Crippen molar-refractivity contribution in [3.05, 3.63) is 65.2 Å². The summed E-state index contributed by atoms with van der Waals surface area (Å²) in [4.78, 5) is 23.2. The van der Waals surface area contributed by atoms with Crippen LogP contribution in [0.5, 0.6) is 5.75 Å². The first kappa shape index (κ1) is 14.6. The summed E-state index contributed by atoms with van der Waals surface area (Å²) >= 11 is 0. The standard InChI is InChI=1S/C16H14O5/c1-20-15(18)12-7-8-13(14(17)9-12)16(19)21-10-11-5-3-2-4-6-11/h2-9,17H,10H2,1H3. The van der Waals surface area contributed by atoms with Crippen LogP contribution in [0, 0.1) is 0 Å². The first-order valence-electron chi connectivity index (χ1n) is 6.24. The van der Waals surface area contributed by atoms with Crippen molar-refractivity contribution < 1.29 is 24.2 Å². The van der Waals surface area contributed by atoms with Crippen LogP contribution in [-0.4, -0.2) is 24.2 Å². The van der Waals surface area contributed by atoms with E-state index >= 15 is 0 Å². The molecule has 21 heavy (non-hydrogen) atoms. The molecule has 0 radical (unpaired) electrons. The molecular weight excluding hydrogens is 272 g/mol. The van der Waals surface area contributed by atoms with Gasteiger partial charge >= 0.3 is 11.9 Å². The molecule has 5 heteroatoms. The topological polar surface area (TPSA) is 72.8 Å². The molecule has 5 nitrogen and oxygen atoms in total. The lowest BCUT2D eigenvalue weighted by Crippen LogP contribution is -2.07. The lowest BCUT2D eigenvalue weighted by atomic mass is 10.1. The Morgan fingerprint density at radius 2 is 1.76 bits per heavy atom. The van der Waals surface area contributed by atoms with E-state index in [4.69, 9.17) is 4.74 Å². The van der Waals surface area contributed by atoms with Crippen LogP contribution in [0.4, 0.5) is 0 Å². The minimum Gasteiger partial charge on any atom is -0.507 e. The quantitative estimate of drug-likeness (QED) is 0.874. The van der Waals surface area contributed by atoms with Gasteiger partial charge in [-0.25, -0.2) is 9.59 Å². The molecule has 0 aliphatic carbocycles. The Morgan fingerprint density at radius 3 is 2.38 bits per heavy atom. The van der Waals surface area contributed by atoms with E-state index in [1.54, 1.807) is 0 Å². The van der Waals surface area contributed by atoms with Gasteiger partial charge < -0.3 is 14.6 Å². The summed E-state index contributed by atoms with van der Waals surface area (Å²) in [6.07, 6.45) is 0. The van der Waals surface area contributed by atoms with Crippen LogP contribution in [0.1, 0.15) is 26.3 Å². The summed E-state index contributed by atoms with van der Waals surface area (Å²) in [5, 5.41) is 9.79. The number of phenols is 1. The van der Waals surface area contributed by atoms with E-state index in [1.807, 2.05) is 30.3 Å². The van der Waals surface area contributed by atoms with Crippen LogP contribution in [0.15, 0.2) is 48.5 Å². The van der Waals surface area contributed by atoms with Crippen LogP contribution < -0.4 is 0 Å². The van der Waals surface area contributed by atoms with Crippen molar-refractivity contribution in [2.75, 3.05) is 7.11 Å². The van der Waals surface area contributed by atoms with E-state index in [9.17, 15) is 14.7 Å². The predicted octanol–water partition coefficient (Wildman–Crippen LogP) is 2.54. The Labute approximate surface area is 121 Å². The molecule has 0 spiro atoms. The Morgan fingerprint density at radius 1 is 1.05 bits per heavy atom.